The zero-order chi connectivity index (χ0) is 13.0. The zero-order valence-electron chi connectivity index (χ0n) is 11.0. The van der Waals surface area contributed by atoms with Gasteiger partial charge in [0.05, 0.1) is 4.75 Å². The van der Waals surface area contributed by atoms with Gasteiger partial charge in [-0.1, -0.05) is 36.4 Å². The molecule has 1 N–H and O–H groups in total. The van der Waals surface area contributed by atoms with Crippen molar-refractivity contribution < 1.29 is 0 Å². The molecule has 3 aromatic rings. The minimum Gasteiger partial charge on any atom is -0.357 e. The van der Waals surface area contributed by atoms with Gasteiger partial charge in [-0.15, -0.1) is 11.8 Å². The quantitative estimate of drug-likeness (QED) is 0.592. The van der Waals surface area contributed by atoms with E-state index in [9.17, 15) is 0 Å². The predicted octanol–water partition coefficient (Wildman–Crippen LogP) is 5.18. The molecule has 0 saturated carbocycles. The highest BCUT2D eigenvalue weighted by molar-refractivity contribution is 8.00. The van der Waals surface area contributed by atoms with Gasteiger partial charge in [0.1, 0.15) is 0 Å². The fourth-order valence-corrected chi connectivity index (χ4v) is 4.19. The molecule has 0 aliphatic carbocycles. The van der Waals surface area contributed by atoms with Crippen LogP contribution in [0.1, 0.15) is 19.5 Å². The second kappa shape index (κ2) is 3.67. The number of hydrogen-bond donors (Lipinski definition) is 1. The number of H-pyrrole nitrogens is 1. The Hall–Kier alpha value is -1.67. The molecule has 4 rings (SSSR count). The third-order valence-corrected chi connectivity index (χ3v) is 5.12. The van der Waals surface area contributed by atoms with Crippen molar-refractivity contribution in [2.24, 2.45) is 0 Å². The third kappa shape index (κ3) is 1.50. The van der Waals surface area contributed by atoms with E-state index in [2.05, 4.69) is 67.4 Å². The number of aromatic nitrogens is 1. The summed E-state index contributed by atoms with van der Waals surface area (Å²) in [6.07, 6.45) is 0. The molecule has 1 aromatic heterocycles. The summed E-state index contributed by atoms with van der Waals surface area (Å²) in [5, 5.41) is 1.33. The van der Waals surface area contributed by atoms with Crippen LogP contribution in [0.15, 0.2) is 53.4 Å². The van der Waals surface area contributed by atoms with Crippen molar-refractivity contribution in [3.05, 3.63) is 54.2 Å². The first-order valence-electron chi connectivity index (χ1n) is 6.56. The Balaban J connectivity index is 2.17. The van der Waals surface area contributed by atoms with Crippen LogP contribution in [0, 0.1) is 0 Å². The molecule has 19 heavy (non-hydrogen) atoms. The molecule has 1 aliphatic rings. The molecule has 2 heterocycles. The lowest BCUT2D eigenvalue weighted by molar-refractivity contribution is 0.754. The molecule has 2 aromatic carbocycles. The van der Waals surface area contributed by atoms with Crippen LogP contribution >= 0.6 is 11.8 Å². The van der Waals surface area contributed by atoms with Gasteiger partial charge in [0, 0.05) is 27.1 Å². The van der Waals surface area contributed by atoms with E-state index in [0.29, 0.717) is 0 Å². The molecule has 0 amide bonds. The molecule has 0 radical (unpaired) electrons. The van der Waals surface area contributed by atoms with Crippen LogP contribution in [0.25, 0.3) is 22.0 Å². The van der Waals surface area contributed by atoms with Crippen molar-refractivity contribution in [1.29, 1.82) is 0 Å². The lowest BCUT2D eigenvalue weighted by Crippen LogP contribution is -2.17. The third-order valence-electron chi connectivity index (χ3n) is 3.83. The molecule has 0 saturated heterocycles. The average Bonchev–Trinajstić information content (AvgIpc) is 2.79. The van der Waals surface area contributed by atoms with Crippen molar-refractivity contribution >= 4 is 22.7 Å². The van der Waals surface area contributed by atoms with Crippen LogP contribution in [0.5, 0.6) is 0 Å². The zero-order valence-corrected chi connectivity index (χ0v) is 11.8. The van der Waals surface area contributed by atoms with Crippen molar-refractivity contribution in [1.82, 2.24) is 4.98 Å². The maximum absolute atomic E-state index is 3.63. The summed E-state index contributed by atoms with van der Waals surface area (Å²) in [4.78, 5) is 5.01. The van der Waals surface area contributed by atoms with Crippen LogP contribution in [-0.2, 0) is 4.75 Å². The second-order valence-electron chi connectivity index (χ2n) is 5.53. The molecule has 2 heteroatoms. The number of fused-ring (bicyclic) bond motifs is 5. The monoisotopic (exact) mass is 265 g/mol. The lowest BCUT2D eigenvalue weighted by atomic mass is 9.95. The summed E-state index contributed by atoms with van der Waals surface area (Å²) in [7, 11) is 0. The topological polar surface area (TPSA) is 15.8 Å². The van der Waals surface area contributed by atoms with E-state index in [1.54, 1.807) is 0 Å². The number of rotatable bonds is 0. The number of hydrogen-bond acceptors (Lipinski definition) is 1. The summed E-state index contributed by atoms with van der Waals surface area (Å²) >= 11 is 1.94. The molecule has 1 nitrogen and oxygen atoms in total. The molecular formula is C17H15NS. The first kappa shape index (κ1) is 11.2. The molecular weight excluding hydrogens is 250 g/mol. The van der Waals surface area contributed by atoms with E-state index in [-0.39, 0.29) is 4.75 Å². The van der Waals surface area contributed by atoms with Gasteiger partial charge in [0.15, 0.2) is 0 Å². The highest BCUT2D eigenvalue weighted by Gasteiger charge is 2.34. The fraction of sp³-hybridized carbons (Fsp3) is 0.176. The minimum absolute atomic E-state index is 0.0860. The Morgan fingerprint density at radius 2 is 1.68 bits per heavy atom. The normalized spacial score (nSPS) is 16.1. The largest absolute Gasteiger partial charge is 0.357 e. The summed E-state index contributed by atoms with van der Waals surface area (Å²) in [6, 6.07) is 17.3. The van der Waals surface area contributed by atoms with Gasteiger partial charge >= 0.3 is 0 Å². The van der Waals surface area contributed by atoms with Crippen LogP contribution < -0.4 is 0 Å². The van der Waals surface area contributed by atoms with Crippen LogP contribution in [0.4, 0.5) is 0 Å². The summed E-state index contributed by atoms with van der Waals surface area (Å²) in [5.74, 6) is 0. The van der Waals surface area contributed by atoms with Gasteiger partial charge in [0.2, 0.25) is 0 Å². The van der Waals surface area contributed by atoms with Crippen LogP contribution in [0.2, 0.25) is 0 Å². The highest BCUT2D eigenvalue weighted by atomic mass is 32.2. The van der Waals surface area contributed by atoms with Gasteiger partial charge in [0.25, 0.3) is 0 Å². The molecule has 0 spiro atoms. The second-order valence-corrected chi connectivity index (χ2v) is 7.19. The molecule has 0 fully saturated rings. The molecule has 94 valence electrons. The molecule has 0 bridgehead atoms. The Morgan fingerprint density at radius 3 is 2.58 bits per heavy atom. The standard InChI is InChI=1S/C17H15NS/c1-17(2)16-15(11-7-3-5-9-13(11)18-16)12-8-4-6-10-14(12)19-17/h3-10,18H,1-2H3. The van der Waals surface area contributed by atoms with E-state index in [0.717, 1.165) is 0 Å². The number of benzene rings is 2. The maximum atomic E-state index is 3.63. The first-order chi connectivity index (χ1) is 9.17. The van der Waals surface area contributed by atoms with Crippen LogP contribution in [-0.4, -0.2) is 4.98 Å². The number of aromatic amines is 1. The average molecular weight is 265 g/mol. The summed E-state index contributed by atoms with van der Waals surface area (Å²) < 4.78 is 0.0860. The minimum atomic E-state index is 0.0860. The van der Waals surface area contributed by atoms with E-state index >= 15 is 0 Å². The van der Waals surface area contributed by atoms with E-state index in [1.165, 1.54) is 32.6 Å². The van der Waals surface area contributed by atoms with Gasteiger partial charge in [-0.05, 0) is 31.5 Å². The van der Waals surface area contributed by atoms with Gasteiger partial charge in [-0.3, -0.25) is 0 Å². The Bertz CT molecular complexity index is 783. The van der Waals surface area contributed by atoms with Crippen molar-refractivity contribution in [3.8, 4) is 11.1 Å². The predicted molar refractivity (Wildman–Crippen MR) is 82.6 cm³/mol. The van der Waals surface area contributed by atoms with Gasteiger partial charge < -0.3 is 4.98 Å². The smallest absolute Gasteiger partial charge is 0.0556 e. The SMILES string of the molecule is CC1(C)Sc2ccccc2-c2c1[nH]c1ccccc21. The highest BCUT2D eigenvalue weighted by Crippen LogP contribution is 2.53. The maximum Gasteiger partial charge on any atom is 0.0556 e. The van der Waals surface area contributed by atoms with Gasteiger partial charge in [-0.25, -0.2) is 0 Å². The number of nitrogens with one attached hydrogen (secondary N) is 1. The first-order valence-corrected chi connectivity index (χ1v) is 7.38. The van der Waals surface area contributed by atoms with Crippen LogP contribution in [0.3, 0.4) is 0 Å². The van der Waals surface area contributed by atoms with Crippen molar-refractivity contribution in [2.75, 3.05) is 0 Å². The fourth-order valence-electron chi connectivity index (χ4n) is 2.96. The Morgan fingerprint density at radius 1 is 0.947 bits per heavy atom. The molecule has 0 unspecified atom stereocenters. The number of para-hydroxylation sites is 1. The van der Waals surface area contributed by atoms with E-state index in [4.69, 9.17) is 0 Å². The summed E-state index contributed by atoms with van der Waals surface area (Å²) in [5.41, 5.74) is 5.32. The number of thioether (sulfide) groups is 1. The van der Waals surface area contributed by atoms with Crippen molar-refractivity contribution in [3.63, 3.8) is 0 Å². The lowest BCUT2D eigenvalue weighted by Gasteiger charge is -2.30. The summed E-state index contributed by atoms with van der Waals surface area (Å²) in [6.45, 7) is 4.59. The molecule has 1 aliphatic heterocycles. The molecule has 0 atom stereocenters. The van der Waals surface area contributed by atoms with Gasteiger partial charge in [-0.2, -0.15) is 0 Å². The van der Waals surface area contributed by atoms with Crippen molar-refractivity contribution in [2.45, 2.75) is 23.5 Å². The Kier molecular flexibility index (Phi) is 2.16. The van der Waals surface area contributed by atoms with E-state index < -0.39 is 0 Å². The Labute approximate surface area is 117 Å². The van der Waals surface area contributed by atoms with E-state index in [1.807, 2.05) is 11.8 Å².